The second-order valence-electron chi connectivity index (χ2n) is 8.43. The predicted octanol–water partition coefficient (Wildman–Crippen LogP) is 3.82. The van der Waals surface area contributed by atoms with Gasteiger partial charge in [0.15, 0.2) is 11.5 Å². The van der Waals surface area contributed by atoms with Gasteiger partial charge in [0, 0.05) is 11.8 Å². The number of rotatable bonds is 10. The molecule has 0 fully saturated rings. The Morgan fingerprint density at radius 1 is 0.857 bits per heavy atom. The summed E-state index contributed by atoms with van der Waals surface area (Å²) in [6.45, 7) is 3.73. The summed E-state index contributed by atoms with van der Waals surface area (Å²) in [5.41, 5.74) is 2.82. The van der Waals surface area contributed by atoms with Crippen molar-refractivity contribution in [3.8, 4) is 11.5 Å². The molecule has 1 aliphatic rings. The van der Waals surface area contributed by atoms with Gasteiger partial charge in [-0.25, -0.2) is 0 Å². The molecular formula is C28H31N3O4. The van der Waals surface area contributed by atoms with E-state index in [1.165, 1.54) is 0 Å². The number of nitrogens with zero attached hydrogens (tertiary/aromatic N) is 1. The normalized spacial score (nSPS) is 13.2. The van der Waals surface area contributed by atoms with Crippen LogP contribution < -0.4 is 20.1 Å². The zero-order valence-electron chi connectivity index (χ0n) is 19.9. The van der Waals surface area contributed by atoms with E-state index in [1.807, 2.05) is 60.4 Å². The molecule has 0 aliphatic carbocycles. The highest BCUT2D eigenvalue weighted by Gasteiger charge is 2.19. The second kappa shape index (κ2) is 12.0. The Hall–Kier alpha value is -3.84. The third kappa shape index (κ3) is 7.07. The van der Waals surface area contributed by atoms with Gasteiger partial charge in [0.2, 0.25) is 11.8 Å². The van der Waals surface area contributed by atoms with Crippen LogP contribution in [0.2, 0.25) is 0 Å². The van der Waals surface area contributed by atoms with Gasteiger partial charge in [0.05, 0.1) is 19.1 Å². The van der Waals surface area contributed by atoms with Crippen molar-refractivity contribution in [1.82, 2.24) is 10.2 Å². The molecule has 7 nitrogen and oxygen atoms in total. The van der Waals surface area contributed by atoms with Crippen LogP contribution in [0.25, 0.3) is 0 Å². The molecule has 2 N–H and O–H groups in total. The Kier molecular flexibility index (Phi) is 8.35. The maximum Gasteiger partial charge on any atom is 0.238 e. The van der Waals surface area contributed by atoms with Crippen molar-refractivity contribution in [2.24, 2.45) is 0 Å². The minimum atomic E-state index is -0.194. The molecule has 2 amide bonds. The monoisotopic (exact) mass is 473 g/mol. The lowest BCUT2D eigenvalue weighted by Crippen LogP contribution is -2.42. The number of nitrogens with one attached hydrogen (secondary N) is 2. The van der Waals surface area contributed by atoms with Gasteiger partial charge in [-0.3, -0.25) is 14.5 Å². The number of likely N-dealkylation sites (N-methyl/N-ethyl adjacent to an activating group) is 1. The molecule has 0 saturated carbocycles. The number of benzene rings is 3. The van der Waals surface area contributed by atoms with Gasteiger partial charge in [-0.1, -0.05) is 67.6 Å². The largest absolute Gasteiger partial charge is 0.486 e. The van der Waals surface area contributed by atoms with E-state index in [4.69, 9.17) is 9.47 Å². The number of hydrogen-bond acceptors (Lipinski definition) is 5. The molecule has 3 aromatic rings. The highest BCUT2D eigenvalue weighted by molar-refractivity contribution is 5.93. The molecule has 1 unspecified atom stereocenters. The average molecular weight is 474 g/mol. The standard InChI is InChI=1S/C28H31N3O4/c1-2-31(19-27(32)29-23-13-14-25-26(18-23)35-16-15-34-25)20-28(33)30-24(22-11-7-4-8-12-22)17-21-9-5-3-6-10-21/h3-14,18,24H,2,15-17,19-20H2,1H3,(H,29,32)(H,30,33). The van der Waals surface area contributed by atoms with Gasteiger partial charge in [-0.15, -0.1) is 0 Å². The zero-order valence-corrected chi connectivity index (χ0v) is 19.9. The minimum Gasteiger partial charge on any atom is -0.486 e. The van der Waals surface area contributed by atoms with Crippen LogP contribution in [-0.2, 0) is 16.0 Å². The molecule has 0 radical (unpaired) electrons. The number of carbonyl (C=O) groups excluding carboxylic acids is 2. The first-order chi connectivity index (χ1) is 17.1. The molecule has 0 spiro atoms. The molecule has 0 bridgehead atoms. The molecule has 1 atom stereocenters. The fraction of sp³-hybridized carbons (Fsp3) is 0.286. The van der Waals surface area contributed by atoms with Crippen LogP contribution in [0.5, 0.6) is 11.5 Å². The first-order valence-electron chi connectivity index (χ1n) is 11.9. The van der Waals surface area contributed by atoms with Crippen molar-refractivity contribution in [3.63, 3.8) is 0 Å². The van der Waals surface area contributed by atoms with E-state index in [9.17, 15) is 9.59 Å². The molecule has 0 aromatic heterocycles. The van der Waals surface area contributed by atoms with Crippen LogP contribution in [0.4, 0.5) is 5.69 Å². The van der Waals surface area contributed by atoms with Gasteiger partial charge in [0.1, 0.15) is 13.2 Å². The SMILES string of the molecule is CCN(CC(=O)Nc1ccc2c(c1)OCCO2)CC(=O)NC(Cc1ccccc1)c1ccccc1. The van der Waals surface area contributed by atoms with Crippen molar-refractivity contribution in [1.29, 1.82) is 0 Å². The first kappa shape index (κ1) is 24.3. The summed E-state index contributed by atoms with van der Waals surface area (Å²) < 4.78 is 11.1. The average Bonchev–Trinajstić information content (AvgIpc) is 2.89. The zero-order chi connectivity index (χ0) is 24.5. The van der Waals surface area contributed by atoms with Gasteiger partial charge in [0.25, 0.3) is 0 Å². The van der Waals surface area contributed by atoms with E-state index in [0.29, 0.717) is 43.4 Å². The Morgan fingerprint density at radius 2 is 1.51 bits per heavy atom. The predicted molar refractivity (Wildman–Crippen MR) is 136 cm³/mol. The fourth-order valence-electron chi connectivity index (χ4n) is 4.03. The molecule has 7 heteroatoms. The van der Waals surface area contributed by atoms with Crippen LogP contribution in [0.1, 0.15) is 24.1 Å². The van der Waals surface area contributed by atoms with Gasteiger partial charge >= 0.3 is 0 Å². The van der Waals surface area contributed by atoms with Gasteiger partial charge < -0.3 is 20.1 Å². The van der Waals surface area contributed by atoms with Gasteiger partial charge in [-0.05, 0) is 36.2 Å². The van der Waals surface area contributed by atoms with Crippen molar-refractivity contribution in [2.75, 3.05) is 38.2 Å². The summed E-state index contributed by atoms with van der Waals surface area (Å²) in [4.78, 5) is 27.4. The fourth-order valence-corrected chi connectivity index (χ4v) is 4.03. The maximum absolute atomic E-state index is 13.0. The quantitative estimate of drug-likeness (QED) is 0.468. The Balaban J connectivity index is 1.34. The lowest BCUT2D eigenvalue weighted by atomic mass is 9.99. The minimum absolute atomic E-state index is 0.104. The Morgan fingerprint density at radius 3 is 2.23 bits per heavy atom. The Labute approximate surface area is 206 Å². The van der Waals surface area contributed by atoms with Crippen molar-refractivity contribution in [3.05, 3.63) is 90.0 Å². The highest BCUT2D eigenvalue weighted by Crippen LogP contribution is 2.32. The third-order valence-electron chi connectivity index (χ3n) is 5.83. The lowest BCUT2D eigenvalue weighted by Gasteiger charge is -2.23. The summed E-state index contributed by atoms with van der Waals surface area (Å²) >= 11 is 0. The summed E-state index contributed by atoms with van der Waals surface area (Å²) in [7, 11) is 0. The number of hydrogen-bond donors (Lipinski definition) is 2. The van der Waals surface area contributed by atoms with E-state index in [0.717, 1.165) is 11.1 Å². The van der Waals surface area contributed by atoms with E-state index in [2.05, 4.69) is 22.8 Å². The molecule has 0 saturated heterocycles. The summed E-state index contributed by atoms with van der Waals surface area (Å²) in [6, 6.07) is 25.2. The van der Waals surface area contributed by atoms with E-state index >= 15 is 0 Å². The van der Waals surface area contributed by atoms with E-state index < -0.39 is 0 Å². The summed E-state index contributed by atoms with van der Waals surface area (Å²) in [5.74, 6) is 0.972. The van der Waals surface area contributed by atoms with Crippen molar-refractivity contribution < 1.29 is 19.1 Å². The van der Waals surface area contributed by atoms with Gasteiger partial charge in [-0.2, -0.15) is 0 Å². The number of ether oxygens (including phenoxy) is 2. The highest BCUT2D eigenvalue weighted by atomic mass is 16.6. The summed E-state index contributed by atoms with van der Waals surface area (Å²) in [6.07, 6.45) is 0.688. The lowest BCUT2D eigenvalue weighted by molar-refractivity contribution is -0.124. The number of fused-ring (bicyclic) bond motifs is 1. The van der Waals surface area contributed by atoms with Crippen LogP contribution in [-0.4, -0.2) is 49.6 Å². The number of amides is 2. The molecule has 3 aromatic carbocycles. The van der Waals surface area contributed by atoms with Crippen molar-refractivity contribution in [2.45, 2.75) is 19.4 Å². The van der Waals surface area contributed by atoms with Crippen molar-refractivity contribution >= 4 is 17.5 Å². The molecule has 4 rings (SSSR count). The smallest absolute Gasteiger partial charge is 0.238 e. The van der Waals surface area contributed by atoms with Crippen LogP contribution in [0, 0.1) is 0 Å². The molecular weight excluding hydrogens is 442 g/mol. The topological polar surface area (TPSA) is 79.9 Å². The van der Waals surface area contributed by atoms with E-state index in [-0.39, 0.29) is 30.9 Å². The first-order valence-corrected chi connectivity index (χ1v) is 11.9. The van der Waals surface area contributed by atoms with Crippen LogP contribution in [0.15, 0.2) is 78.9 Å². The molecule has 182 valence electrons. The molecule has 1 aliphatic heterocycles. The van der Waals surface area contributed by atoms with Crippen LogP contribution >= 0.6 is 0 Å². The number of anilines is 1. The van der Waals surface area contributed by atoms with Crippen LogP contribution in [0.3, 0.4) is 0 Å². The third-order valence-corrected chi connectivity index (χ3v) is 5.83. The molecule has 1 heterocycles. The maximum atomic E-state index is 13.0. The molecule has 35 heavy (non-hydrogen) atoms. The summed E-state index contributed by atoms with van der Waals surface area (Å²) in [5, 5.41) is 6.04. The second-order valence-corrected chi connectivity index (χ2v) is 8.43. The van der Waals surface area contributed by atoms with E-state index in [1.54, 1.807) is 18.2 Å². The number of carbonyl (C=O) groups is 2. The Bertz CT molecular complexity index is 1120.